The number of carbonyl (C=O) groups excluding carboxylic acids is 1. The van der Waals surface area contributed by atoms with E-state index in [0.717, 1.165) is 6.42 Å². The fraction of sp³-hybridized carbons (Fsp3) is 0.571. The second-order valence-electron chi connectivity index (χ2n) is 4.86. The molecule has 0 radical (unpaired) electrons. The molecule has 1 amide bonds. The molecule has 1 saturated heterocycles. The van der Waals surface area contributed by atoms with E-state index >= 15 is 0 Å². The van der Waals surface area contributed by atoms with Gasteiger partial charge in [0.05, 0.1) is 6.07 Å². The Kier molecular flexibility index (Phi) is 4.56. The van der Waals surface area contributed by atoms with E-state index in [0.29, 0.717) is 32.6 Å². The van der Waals surface area contributed by atoms with Crippen LogP contribution in [0, 0.1) is 16.7 Å². The zero-order valence-corrected chi connectivity index (χ0v) is 11.9. The lowest BCUT2D eigenvalue weighted by Crippen LogP contribution is -2.45. The number of nitrogens with zero attached hydrogens (tertiary/aromatic N) is 2. The van der Waals surface area contributed by atoms with Crippen LogP contribution in [0.1, 0.15) is 17.7 Å². The van der Waals surface area contributed by atoms with Gasteiger partial charge in [-0.3, -0.25) is 4.79 Å². The van der Waals surface area contributed by atoms with Crippen molar-refractivity contribution in [3.05, 3.63) is 22.4 Å². The molecular formula is C14H18N2O2S. The summed E-state index contributed by atoms with van der Waals surface area (Å²) in [6.07, 6.45) is 1.86. The van der Waals surface area contributed by atoms with Crippen molar-refractivity contribution in [3.8, 4) is 6.07 Å². The van der Waals surface area contributed by atoms with Crippen LogP contribution in [0.15, 0.2) is 17.5 Å². The van der Waals surface area contributed by atoms with Gasteiger partial charge in [0.2, 0.25) is 5.91 Å². The number of amides is 1. The summed E-state index contributed by atoms with van der Waals surface area (Å²) < 4.78 is 5.26. The van der Waals surface area contributed by atoms with Crippen LogP contribution in [0.3, 0.4) is 0 Å². The lowest BCUT2D eigenvalue weighted by Gasteiger charge is -2.33. The van der Waals surface area contributed by atoms with E-state index in [1.807, 2.05) is 11.4 Å². The molecule has 1 aliphatic heterocycles. The quantitative estimate of drug-likeness (QED) is 0.847. The minimum atomic E-state index is -0.873. The fourth-order valence-corrected chi connectivity index (χ4v) is 2.99. The lowest BCUT2D eigenvalue weighted by atomic mass is 9.80. The van der Waals surface area contributed by atoms with E-state index in [9.17, 15) is 10.1 Å². The van der Waals surface area contributed by atoms with Gasteiger partial charge in [0.25, 0.3) is 0 Å². The summed E-state index contributed by atoms with van der Waals surface area (Å²) in [6.45, 7) is 1.65. The van der Waals surface area contributed by atoms with Gasteiger partial charge in [-0.2, -0.15) is 5.26 Å². The summed E-state index contributed by atoms with van der Waals surface area (Å²) >= 11 is 1.69. The number of thiophene rings is 1. The number of nitriles is 1. The van der Waals surface area contributed by atoms with Crippen LogP contribution in [0.25, 0.3) is 0 Å². The first-order valence-corrected chi connectivity index (χ1v) is 7.33. The van der Waals surface area contributed by atoms with Crippen LogP contribution in [-0.4, -0.2) is 37.6 Å². The molecule has 1 aromatic rings. The molecule has 102 valence electrons. The number of likely N-dealkylation sites (N-methyl/N-ethyl adjacent to an activating group) is 1. The average molecular weight is 278 g/mol. The smallest absolute Gasteiger partial charge is 0.242 e. The second kappa shape index (κ2) is 6.18. The van der Waals surface area contributed by atoms with Crippen LogP contribution in [0.5, 0.6) is 0 Å². The Morgan fingerprint density at radius 2 is 2.32 bits per heavy atom. The Bertz CT molecular complexity index is 458. The van der Waals surface area contributed by atoms with Gasteiger partial charge in [0, 0.05) is 31.7 Å². The van der Waals surface area contributed by atoms with Crippen LogP contribution in [0.2, 0.25) is 0 Å². The van der Waals surface area contributed by atoms with Gasteiger partial charge < -0.3 is 9.64 Å². The number of carbonyl (C=O) groups is 1. The van der Waals surface area contributed by atoms with Gasteiger partial charge in [0.1, 0.15) is 5.41 Å². The van der Waals surface area contributed by atoms with Crippen molar-refractivity contribution in [1.82, 2.24) is 4.90 Å². The zero-order chi connectivity index (χ0) is 13.7. The number of rotatable bonds is 4. The average Bonchev–Trinajstić information content (AvgIpc) is 2.98. The highest BCUT2D eigenvalue weighted by Gasteiger charge is 2.42. The topological polar surface area (TPSA) is 53.3 Å². The van der Waals surface area contributed by atoms with Crippen molar-refractivity contribution in [2.45, 2.75) is 19.3 Å². The van der Waals surface area contributed by atoms with E-state index in [1.54, 1.807) is 23.3 Å². The van der Waals surface area contributed by atoms with E-state index in [1.165, 1.54) is 4.88 Å². The summed E-state index contributed by atoms with van der Waals surface area (Å²) in [6, 6.07) is 6.30. The molecule has 5 heteroatoms. The molecule has 0 aromatic carbocycles. The highest BCUT2D eigenvalue weighted by Crippen LogP contribution is 2.31. The third kappa shape index (κ3) is 3.14. The Labute approximate surface area is 117 Å². The molecule has 0 unspecified atom stereocenters. The predicted molar refractivity (Wildman–Crippen MR) is 73.8 cm³/mol. The van der Waals surface area contributed by atoms with Gasteiger partial charge in [-0.15, -0.1) is 11.3 Å². The number of hydrogen-bond acceptors (Lipinski definition) is 4. The molecule has 4 nitrogen and oxygen atoms in total. The Balaban J connectivity index is 1.95. The number of ether oxygens (including phenoxy) is 1. The molecule has 1 fully saturated rings. The van der Waals surface area contributed by atoms with Crippen molar-refractivity contribution in [3.63, 3.8) is 0 Å². The van der Waals surface area contributed by atoms with Gasteiger partial charge in [-0.05, 0) is 30.7 Å². The molecule has 2 heterocycles. The van der Waals surface area contributed by atoms with E-state index in [4.69, 9.17) is 4.74 Å². The van der Waals surface area contributed by atoms with Crippen molar-refractivity contribution in [2.75, 3.05) is 26.8 Å². The van der Waals surface area contributed by atoms with Crippen LogP contribution in [-0.2, 0) is 16.0 Å². The standard InChI is InChI=1S/C14H18N2O2S/c1-16(7-4-12-3-2-10-19-12)13(17)14(11-15)5-8-18-9-6-14/h2-3,10H,4-9H2,1H3. The SMILES string of the molecule is CN(CCc1cccs1)C(=O)C1(C#N)CCOCC1. The normalized spacial score (nSPS) is 17.7. The lowest BCUT2D eigenvalue weighted by molar-refractivity contribution is -0.142. The minimum Gasteiger partial charge on any atom is -0.381 e. The third-order valence-corrected chi connectivity index (χ3v) is 4.53. The van der Waals surface area contributed by atoms with Gasteiger partial charge in [-0.25, -0.2) is 0 Å². The van der Waals surface area contributed by atoms with Crippen LogP contribution < -0.4 is 0 Å². The largest absolute Gasteiger partial charge is 0.381 e. The van der Waals surface area contributed by atoms with Crippen molar-refractivity contribution in [2.24, 2.45) is 5.41 Å². The summed E-state index contributed by atoms with van der Waals surface area (Å²) in [5.74, 6) is -0.0603. The number of hydrogen-bond donors (Lipinski definition) is 0. The Morgan fingerprint density at radius 3 is 2.89 bits per heavy atom. The molecule has 1 aromatic heterocycles. The van der Waals surface area contributed by atoms with Gasteiger partial charge in [0.15, 0.2) is 0 Å². The van der Waals surface area contributed by atoms with Crippen LogP contribution >= 0.6 is 11.3 Å². The first kappa shape index (κ1) is 14.0. The summed E-state index contributed by atoms with van der Waals surface area (Å²) in [4.78, 5) is 15.4. The van der Waals surface area contributed by atoms with E-state index in [-0.39, 0.29) is 5.91 Å². The highest BCUT2D eigenvalue weighted by atomic mass is 32.1. The first-order valence-electron chi connectivity index (χ1n) is 6.45. The second-order valence-corrected chi connectivity index (χ2v) is 5.89. The molecule has 1 aliphatic rings. The molecule has 0 saturated carbocycles. The maximum atomic E-state index is 12.5. The molecular weight excluding hydrogens is 260 g/mol. The molecule has 19 heavy (non-hydrogen) atoms. The van der Waals surface area contributed by atoms with Crippen LogP contribution in [0.4, 0.5) is 0 Å². The maximum Gasteiger partial charge on any atom is 0.242 e. The highest BCUT2D eigenvalue weighted by molar-refractivity contribution is 7.09. The minimum absolute atomic E-state index is 0.0603. The maximum absolute atomic E-state index is 12.5. The fourth-order valence-electron chi connectivity index (χ4n) is 2.29. The monoisotopic (exact) mass is 278 g/mol. The van der Waals surface area contributed by atoms with Crippen molar-refractivity contribution < 1.29 is 9.53 Å². The van der Waals surface area contributed by atoms with Gasteiger partial charge >= 0.3 is 0 Å². The predicted octanol–water partition coefficient (Wildman–Crippen LogP) is 2.07. The van der Waals surface area contributed by atoms with E-state index in [2.05, 4.69) is 12.1 Å². The molecule has 0 atom stereocenters. The molecule has 0 aliphatic carbocycles. The Hall–Kier alpha value is -1.38. The molecule has 2 rings (SSSR count). The van der Waals surface area contributed by atoms with E-state index < -0.39 is 5.41 Å². The van der Waals surface area contributed by atoms with Crippen molar-refractivity contribution >= 4 is 17.2 Å². The first-order chi connectivity index (χ1) is 9.18. The summed E-state index contributed by atoms with van der Waals surface area (Å²) in [5, 5.41) is 11.4. The Morgan fingerprint density at radius 1 is 1.58 bits per heavy atom. The van der Waals surface area contributed by atoms with Crippen molar-refractivity contribution in [1.29, 1.82) is 5.26 Å². The zero-order valence-electron chi connectivity index (χ0n) is 11.1. The third-order valence-electron chi connectivity index (χ3n) is 3.59. The van der Waals surface area contributed by atoms with Gasteiger partial charge in [-0.1, -0.05) is 6.07 Å². The molecule has 0 spiro atoms. The molecule has 0 bridgehead atoms. The summed E-state index contributed by atoms with van der Waals surface area (Å²) in [7, 11) is 1.78. The summed E-state index contributed by atoms with van der Waals surface area (Å²) in [5.41, 5.74) is -0.873. The molecule has 0 N–H and O–H groups in total.